The van der Waals surface area contributed by atoms with Crippen molar-refractivity contribution in [3.05, 3.63) is 29.8 Å². The topological polar surface area (TPSA) is 0 Å². The molecule has 0 bridgehead atoms. The van der Waals surface area contributed by atoms with E-state index >= 15 is 0 Å². The van der Waals surface area contributed by atoms with E-state index in [0.717, 1.165) is 5.19 Å². The molecule has 1 aromatic carbocycles. The minimum atomic E-state index is 1.13. The number of hydrogen-bond donors (Lipinski definition) is 0. The zero-order valence-corrected chi connectivity index (χ0v) is 5.81. The molecule has 0 N–H and O–H groups in total. The van der Waals surface area contributed by atoms with E-state index in [2.05, 4.69) is 29.3 Å². The second kappa shape index (κ2) is 2.14. The van der Waals surface area contributed by atoms with Crippen LogP contribution in [-0.2, 0) is 0 Å². The number of rotatable bonds is 0. The van der Waals surface area contributed by atoms with E-state index in [-0.39, 0.29) is 0 Å². The molecule has 1 rings (SSSR count). The summed E-state index contributed by atoms with van der Waals surface area (Å²) in [5, 5.41) is 1.13. The van der Waals surface area contributed by atoms with Crippen LogP contribution in [-0.4, -0.2) is 10.2 Å². The smallest absolute Gasteiger partial charge is 0.0673 e. The van der Waals surface area contributed by atoms with Gasteiger partial charge in [-0.15, -0.1) is 0 Å². The molecule has 0 saturated carbocycles. The average Bonchev–Trinajstić information content (AvgIpc) is 1.77. The zero-order valence-electron chi connectivity index (χ0n) is 4.81. The van der Waals surface area contributed by atoms with Gasteiger partial charge in [-0.25, -0.2) is 0 Å². The van der Waals surface area contributed by atoms with Crippen molar-refractivity contribution in [1.29, 1.82) is 0 Å². The van der Waals surface area contributed by atoms with Crippen LogP contribution in [0.5, 0.6) is 0 Å². The van der Waals surface area contributed by atoms with Gasteiger partial charge in [0, 0.05) is 0 Å². The molecule has 39 valence electrons. The standard InChI is InChI=1S/C7H7Si/c1-6-2-4-7(8)5-3-6/h2-5H,1H3. The quantitative estimate of drug-likeness (QED) is 0.443. The molecule has 0 aliphatic rings. The second-order valence-electron chi connectivity index (χ2n) is 1.87. The molecule has 0 amide bonds. The highest BCUT2D eigenvalue weighted by molar-refractivity contribution is 6.32. The Labute approximate surface area is 53.0 Å². The summed E-state index contributed by atoms with van der Waals surface area (Å²) in [6.07, 6.45) is 0. The Morgan fingerprint density at radius 2 is 1.62 bits per heavy atom. The Morgan fingerprint density at radius 3 is 2.00 bits per heavy atom. The second-order valence-corrected chi connectivity index (χ2v) is 2.44. The van der Waals surface area contributed by atoms with Crippen molar-refractivity contribution in [3.63, 3.8) is 0 Å². The van der Waals surface area contributed by atoms with Crippen molar-refractivity contribution in [2.24, 2.45) is 0 Å². The van der Waals surface area contributed by atoms with Gasteiger partial charge in [-0.1, -0.05) is 35.0 Å². The summed E-state index contributed by atoms with van der Waals surface area (Å²) in [5.41, 5.74) is 1.30. The van der Waals surface area contributed by atoms with Crippen LogP contribution in [0.4, 0.5) is 0 Å². The normalized spacial score (nSPS) is 9.25. The third-order valence-electron chi connectivity index (χ3n) is 1.05. The first kappa shape index (κ1) is 5.57. The van der Waals surface area contributed by atoms with Crippen LogP contribution in [0.1, 0.15) is 5.56 Å². The van der Waals surface area contributed by atoms with Gasteiger partial charge in [-0.2, -0.15) is 0 Å². The third-order valence-corrected chi connectivity index (χ3v) is 1.38. The van der Waals surface area contributed by atoms with E-state index in [9.17, 15) is 0 Å². The van der Waals surface area contributed by atoms with E-state index in [1.807, 2.05) is 12.1 Å². The van der Waals surface area contributed by atoms with Crippen molar-refractivity contribution in [2.75, 3.05) is 0 Å². The monoisotopic (exact) mass is 119 g/mol. The largest absolute Gasteiger partial charge is 0.0711 e. The fraction of sp³-hybridized carbons (Fsp3) is 0.143. The van der Waals surface area contributed by atoms with Gasteiger partial charge in [0.05, 0.1) is 10.2 Å². The minimum Gasteiger partial charge on any atom is -0.0673 e. The van der Waals surface area contributed by atoms with Crippen molar-refractivity contribution in [3.8, 4) is 0 Å². The molecule has 0 saturated heterocycles. The molecule has 3 radical (unpaired) electrons. The van der Waals surface area contributed by atoms with Crippen LogP contribution >= 0.6 is 0 Å². The van der Waals surface area contributed by atoms with Gasteiger partial charge in [-0.3, -0.25) is 0 Å². The van der Waals surface area contributed by atoms with Gasteiger partial charge in [0.25, 0.3) is 0 Å². The SMILES string of the molecule is Cc1ccc([Si])cc1. The van der Waals surface area contributed by atoms with E-state index in [0.29, 0.717) is 0 Å². The van der Waals surface area contributed by atoms with Crippen molar-refractivity contribution in [2.45, 2.75) is 6.92 Å². The maximum atomic E-state index is 3.39. The molecule has 1 heteroatoms. The lowest BCUT2D eigenvalue weighted by Crippen LogP contribution is -1.98. The number of hydrogen-bond acceptors (Lipinski definition) is 0. The Hall–Kier alpha value is -0.563. The highest BCUT2D eigenvalue weighted by Gasteiger charge is 1.80. The Kier molecular flexibility index (Phi) is 1.49. The van der Waals surface area contributed by atoms with E-state index in [4.69, 9.17) is 0 Å². The molecule has 1 aromatic rings. The third kappa shape index (κ3) is 1.20. The summed E-state index contributed by atoms with van der Waals surface area (Å²) >= 11 is 0. The van der Waals surface area contributed by atoms with E-state index in [1.54, 1.807) is 0 Å². The molecular weight excluding hydrogens is 112 g/mol. The van der Waals surface area contributed by atoms with Crippen LogP contribution in [0.25, 0.3) is 0 Å². The molecule has 0 aliphatic carbocycles. The predicted octanol–water partition coefficient (Wildman–Crippen LogP) is 0.789. The van der Waals surface area contributed by atoms with Crippen LogP contribution in [0.2, 0.25) is 0 Å². The Balaban J connectivity index is 3.03. The summed E-state index contributed by atoms with van der Waals surface area (Å²) in [4.78, 5) is 0. The van der Waals surface area contributed by atoms with E-state index < -0.39 is 0 Å². The summed E-state index contributed by atoms with van der Waals surface area (Å²) in [6.45, 7) is 2.08. The van der Waals surface area contributed by atoms with Crippen molar-refractivity contribution < 1.29 is 0 Å². The first-order chi connectivity index (χ1) is 3.79. The zero-order chi connectivity index (χ0) is 5.98. The lowest BCUT2D eigenvalue weighted by atomic mass is 10.2. The molecular formula is C7H7Si. The van der Waals surface area contributed by atoms with Crippen LogP contribution in [0.15, 0.2) is 24.3 Å². The molecule has 0 unspecified atom stereocenters. The summed E-state index contributed by atoms with van der Waals surface area (Å²) in [5.74, 6) is 0. The predicted molar refractivity (Wildman–Crippen MR) is 36.6 cm³/mol. The fourth-order valence-corrected chi connectivity index (χ4v) is 0.720. The molecule has 0 fully saturated rings. The van der Waals surface area contributed by atoms with Crippen LogP contribution in [0, 0.1) is 6.92 Å². The van der Waals surface area contributed by atoms with Gasteiger partial charge in [0.1, 0.15) is 0 Å². The lowest BCUT2D eigenvalue weighted by Gasteiger charge is -1.89. The summed E-state index contributed by atoms with van der Waals surface area (Å²) in [6, 6.07) is 8.21. The minimum absolute atomic E-state index is 1.13. The molecule has 0 heterocycles. The molecule has 0 aromatic heterocycles. The number of benzene rings is 1. The Bertz CT molecular complexity index is 143. The fourth-order valence-electron chi connectivity index (χ4n) is 0.554. The summed E-state index contributed by atoms with van der Waals surface area (Å²) in [7, 11) is 3.39. The van der Waals surface area contributed by atoms with Crippen LogP contribution < -0.4 is 5.19 Å². The number of aryl methyl sites for hydroxylation is 1. The highest BCUT2D eigenvalue weighted by Crippen LogP contribution is 1.90. The van der Waals surface area contributed by atoms with Crippen molar-refractivity contribution >= 4 is 15.4 Å². The molecule has 8 heavy (non-hydrogen) atoms. The average molecular weight is 119 g/mol. The molecule has 0 aliphatic heterocycles. The van der Waals surface area contributed by atoms with Gasteiger partial charge >= 0.3 is 0 Å². The van der Waals surface area contributed by atoms with Gasteiger partial charge in [0.15, 0.2) is 0 Å². The maximum Gasteiger partial charge on any atom is 0.0711 e. The summed E-state index contributed by atoms with van der Waals surface area (Å²) < 4.78 is 0. The molecule has 0 spiro atoms. The maximum absolute atomic E-state index is 3.39. The van der Waals surface area contributed by atoms with Crippen molar-refractivity contribution in [1.82, 2.24) is 0 Å². The van der Waals surface area contributed by atoms with Crippen LogP contribution in [0.3, 0.4) is 0 Å². The highest BCUT2D eigenvalue weighted by atomic mass is 28.1. The lowest BCUT2D eigenvalue weighted by molar-refractivity contribution is 1.49. The molecule has 0 nitrogen and oxygen atoms in total. The Morgan fingerprint density at radius 1 is 1.12 bits per heavy atom. The van der Waals surface area contributed by atoms with Gasteiger partial charge < -0.3 is 0 Å². The van der Waals surface area contributed by atoms with Gasteiger partial charge in [0.2, 0.25) is 0 Å². The first-order valence-electron chi connectivity index (χ1n) is 2.57. The first-order valence-corrected chi connectivity index (χ1v) is 3.07. The van der Waals surface area contributed by atoms with Gasteiger partial charge in [-0.05, 0) is 6.92 Å². The molecule has 0 atom stereocenters. The van der Waals surface area contributed by atoms with E-state index in [1.165, 1.54) is 5.56 Å².